The number of aromatic nitrogens is 3. The molecule has 4 heterocycles. The van der Waals surface area contributed by atoms with Crippen LogP contribution >= 0.6 is 0 Å². The number of amides is 1. The molecule has 0 aromatic carbocycles. The Morgan fingerprint density at radius 1 is 1.17 bits per heavy atom. The summed E-state index contributed by atoms with van der Waals surface area (Å²) in [5.74, 6) is 0.987. The SMILES string of the molecule is O=C(COC[C@@H]1CCCO1)N1CCC(c2ccc(Nc3ncccn3)cn2)CC1. The number of rotatable bonds is 7. The number of piperidine rings is 1. The highest BCUT2D eigenvalue weighted by Gasteiger charge is 2.25. The number of hydrogen-bond donors (Lipinski definition) is 1. The Bertz CT molecular complexity index is 773. The minimum atomic E-state index is 0.0665. The topological polar surface area (TPSA) is 89.5 Å². The summed E-state index contributed by atoms with van der Waals surface area (Å²) in [5.41, 5.74) is 1.92. The van der Waals surface area contributed by atoms with E-state index in [-0.39, 0.29) is 18.6 Å². The van der Waals surface area contributed by atoms with E-state index in [0.717, 1.165) is 56.8 Å². The molecule has 2 aromatic heterocycles. The van der Waals surface area contributed by atoms with Crippen molar-refractivity contribution in [2.75, 3.05) is 38.2 Å². The highest BCUT2D eigenvalue weighted by atomic mass is 16.5. The van der Waals surface area contributed by atoms with Crippen LogP contribution in [0.3, 0.4) is 0 Å². The van der Waals surface area contributed by atoms with Gasteiger partial charge in [-0.25, -0.2) is 9.97 Å². The fraction of sp³-hybridized carbons (Fsp3) is 0.524. The first-order valence-electron chi connectivity index (χ1n) is 10.2. The van der Waals surface area contributed by atoms with E-state index in [4.69, 9.17) is 9.47 Å². The zero-order chi connectivity index (χ0) is 19.9. The van der Waals surface area contributed by atoms with Crippen LogP contribution < -0.4 is 5.32 Å². The molecule has 1 amide bonds. The molecule has 0 aliphatic carbocycles. The predicted molar refractivity (Wildman–Crippen MR) is 108 cm³/mol. The van der Waals surface area contributed by atoms with Gasteiger partial charge in [0, 0.05) is 43.7 Å². The number of likely N-dealkylation sites (tertiary alicyclic amines) is 1. The van der Waals surface area contributed by atoms with Crippen molar-refractivity contribution in [2.45, 2.75) is 37.7 Å². The smallest absolute Gasteiger partial charge is 0.248 e. The first-order valence-corrected chi connectivity index (χ1v) is 10.2. The van der Waals surface area contributed by atoms with Gasteiger partial charge < -0.3 is 19.7 Å². The molecule has 0 saturated carbocycles. The van der Waals surface area contributed by atoms with Crippen LogP contribution in [0.2, 0.25) is 0 Å². The molecule has 2 aliphatic heterocycles. The molecule has 29 heavy (non-hydrogen) atoms. The van der Waals surface area contributed by atoms with Gasteiger partial charge in [-0.3, -0.25) is 9.78 Å². The van der Waals surface area contributed by atoms with Gasteiger partial charge in [-0.2, -0.15) is 0 Å². The maximum absolute atomic E-state index is 12.4. The van der Waals surface area contributed by atoms with Crippen molar-refractivity contribution in [3.63, 3.8) is 0 Å². The van der Waals surface area contributed by atoms with Crippen molar-refractivity contribution in [1.82, 2.24) is 19.9 Å². The maximum Gasteiger partial charge on any atom is 0.248 e. The Morgan fingerprint density at radius 3 is 2.69 bits per heavy atom. The van der Waals surface area contributed by atoms with E-state index in [0.29, 0.717) is 18.5 Å². The first-order chi connectivity index (χ1) is 14.3. The Labute approximate surface area is 170 Å². The van der Waals surface area contributed by atoms with Gasteiger partial charge in [0.2, 0.25) is 11.9 Å². The lowest BCUT2D eigenvalue weighted by Gasteiger charge is -2.31. The number of nitrogens with zero attached hydrogens (tertiary/aromatic N) is 4. The number of carbonyl (C=O) groups excluding carboxylic acids is 1. The van der Waals surface area contributed by atoms with Gasteiger partial charge in [0.05, 0.1) is 24.6 Å². The Kier molecular flexibility index (Phi) is 6.63. The molecule has 0 spiro atoms. The van der Waals surface area contributed by atoms with Crippen LogP contribution in [0, 0.1) is 0 Å². The van der Waals surface area contributed by atoms with Gasteiger partial charge in [-0.15, -0.1) is 0 Å². The Balaban J connectivity index is 1.21. The van der Waals surface area contributed by atoms with Crippen molar-refractivity contribution in [3.8, 4) is 0 Å². The summed E-state index contributed by atoms with van der Waals surface area (Å²) in [5, 5.41) is 3.14. The summed E-state index contributed by atoms with van der Waals surface area (Å²) >= 11 is 0. The first kappa shape index (κ1) is 19.7. The largest absolute Gasteiger partial charge is 0.376 e. The molecule has 154 valence electrons. The lowest BCUT2D eigenvalue weighted by atomic mass is 9.93. The predicted octanol–water partition coefficient (Wildman–Crippen LogP) is 2.52. The van der Waals surface area contributed by atoms with Crippen LogP contribution in [-0.4, -0.2) is 64.8 Å². The van der Waals surface area contributed by atoms with Crippen LogP contribution in [0.15, 0.2) is 36.8 Å². The number of carbonyl (C=O) groups is 1. The molecule has 1 N–H and O–H groups in total. The van der Waals surface area contributed by atoms with E-state index in [1.165, 1.54) is 0 Å². The molecule has 8 nitrogen and oxygen atoms in total. The fourth-order valence-corrected chi connectivity index (χ4v) is 3.78. The second-order valence-electron chi connectivity index (χ2n) is 7.47. The van der Waals surface area contributed by atoms with Gasteiger partial charge in [0.15, 0.2) is 0 Å². The molecule has 4 rings (SSSR count). The van der Waals surface area contributed by atoms with Crippen LogP contribution in [-0.2, 0) is 14.3 Å². The van der Waals surface area contributed by atoms with Crippen molar-refractivity contribution < 1.29 is 14.3 Å². The lowest BCUT2D eigenvalue weighted by Crippen LogP contribution is -2.40. The van der Waals surface area contributed by atoms with E-state index in [1.807, 2.05) is 23.2 Å². The number of ether oxygens (including phenoxy) is 2. The molecule has 2 saturated heterocycles. The van der Waals surface area contributed by atoms with Crippen LogP contribution in [0.25, 0.3) is 0 Å². The Hall–Kier alpha value is -2.58. The van der Waals surface area contributed by atoms with Crippen molar-refractivity contribution in [2.24, 2.45) is 0 Å². The number of pyridine rings is 1. The van der Waals surface area contributed by atoms with E-state index < -0.39 is 0 Å². The molecule has 0 bridgehead atoms. The summed E-state index contributed by atoms with van der Waals surface area (Å²) in [6.07, 6.45) is 9.30. The van der Waals surface area contributed by atoms with Crippen LogP contribution in [0.1, 0.15) is 37.3 Å². The summed E-state index contributed by atoms with van der Waals surface area (Å²) in [4.78, 5) is 27.2. The second kappa shape index (κ2) is 9.76. The van der Waals surface area contributed by atoms with Crippen molar-refractivity contribution in [1.29, 1.82) is 0 Å². The van der Waals surface area contributed by atoms with E-state index in [1.54, 1.807) is 18.5 Å². The normalized spacial score (nSPS) is 20.0. The molecule has 2 fully saturated rings. The van der Waals surface area contributed by atoms with Gasteiger partial charge in [0.25, 0.3) is 0 Å². The quantitative estimate of drug-likeness (QED) is 0.768. The van der Waals surface area contributed by atoms with Gasteiger partial charge >= 0.3 is 0 Å². The van der Waals surface area contributed by atoms with E-state index >= 15 is 0 Å². The molecule has 2 aliphatic rings. The average molecular weight is 397 g/mol. The number of hydrogen-bond acceptors (Lipinski definition) is 7. The zero-order valence-corrected chi connectivity index (χ0v) is 16.5. The molecule has 1 atom stereocenters. The summed E-state index contributed by atoms with van der Waals surface area (Å²) in [6, 6.07) is 5.81. The minimum Gasteiger partial charge on any atom is -0.376 e. The third-order valence-electron chi connectivity index (χ3n) is 5.43. The average Bonchev–Trinajstić information content (AvgIpc) is 3.29. The maximum atomic E-state index is 12.4. The molecule has 2 aromatic rings. The van der Waals surface area contributed by atoms with E-state index in [2.05, 4.69) is 20.3 Å². The molecule has 8 heteroatoms. The zero-order valence-electron chi connectivity index (χ0n) is 16.5. The van der Waals surface area contributed by atoms with Gasteiger partial charge in [-0.05, 0) is 43.9 Å². The molecular formula is C21H27N5O3. The molecule has 0 radical (unpaired) electrons. The summed E-state index contributed by atoms with van der Waals surface area (Å²) in [6.45, 7) is 2.95. The van der Waals surface area contributed by atoms with E-state index in [9.17, 15) is 4.79 Å². The molecular weight excluding hydrogens is 370 g/mol. The lowest BCUT2D eigenvalue weighted by molar-refractivity contribution is -0.138. The molecule has 0 unspecified atom stereocenters. The Morgan fingerprint density at radius 2 is 2.00 bits per heavy atom. The van der Waals surface area contributed by atoms with Crippen LogP contribution in [0.4, 0.5) is 11.6 Å². The highest BCUT2D eigenvalue weighted by molar-refractivity contribution is 5.77. The third-order valence-corrected chi connectivity index (χ3v) is 5.43. The summed E-state index contributed by atoms with van der Waals surface area (Å²) in [7, 11) is 0. The minimum absolute atomic E-state index is 0.0665. The highest BCUT2D eigenvalue weighted by Crippen LogP contribution is 2.27. The van der Waals surface area contributed by atoms with Gasteiger partial charge in [-0.1, -0.05) is 0 Å². The standard InChI is InChI=1S/C21H27N5O3/c27-20(15-28-14-18-3-1-12-29-18)26-10-6-16(7-11-26)19-5-4-17(13-24-19)25-21-22-8-2-9-23-21/h2,4-5,8-9,13,16,18H,1,3,6-7,10-12,14-15H2,(H,22,23,25)/t18-/m0/s1. The monoisotopic (exact) mass is 397 g/mol. The van der Waals surface area contributed by atoms with Crippen LogP contribution in [0.5, 0.6) is 0 Å². The second-order valence-corrected chi connectivity index (χ2v) is 7.47. The van der Waals surface area contributed by atoms with Gasteiger partial charge in [0.1, 0.15) is 6.61 Å². The third kappa shape index (κ3) is 5.48. The number of nitrogens with one attached hydrogen (secondary N) is 1. The number of anilines is 2. The van der Waals surface area contributed by atoms with Crippen molar-refractivity contribution in [3.05, 3.63) is 42.5 Å². The van der Waals surface area contributed by atoms with Crippen molar-refractivity contribution >= 4 is 17.5 Å². The fourth-order valence-electron chi connectivity index (χ4n) is 3.78. The summed E-state index contributed by atoms with van der Waals surface area (Å²) < 4.78 is 11.1.